The van der Waals surface area contributed by atoms with Gasteiger partial charge in [-0.3, -0.25) is 14.5 Å². The molecule has 1 atom stereocenters. The van der Waals surface area contributed by atoms with Crippen molar-refractivity contribution < 1.29 is 33.6 Å². The van der Waals surface area contributed by atoms with Gasteiger partial charge in [0.1, 0.15) is 17.3 Å². The van der Waals surface area contributed by atoms with Crippen LogP contribution < -0.4 is 23.8 Å². The van der Waals surface area contributed by atoms with E-state index in [-0.39, 0.29) is 21.9 Å². The molecule has 0 aromatic heterocycles. The highest BCUT2D eigenvalue weighted by atomic mass is 35.5. The minimum atomic E-state index is -1.00. The van der Waals surface area contributed by atoms with E-state index < -0.39 is 23.5 Å². The smallest absolute Gasteiger partial charge is 0.300 e. The number of anilines is 1. The first-order chi connectivity index (χ1) is 18.2. The van der Waals surface area contributed by atoms with Gasteiger partial charge in [0.05, 0.1) is 50.1 Å². The summed E-state index contributed by atoms with van der Waals surface area (Å²) >= 11 is 6.39. The molecule has 1 amide bonds. The summed E-state index contributed by atoms with van der Waals surface area (Å²) in [6.45, 7) is 4.00. The van der Waals surface area contributed by atoms with Crippen LogP contribution in [-0.4, -0.2) is 44.7 Å². The molecule has 0 spiro atoms. The lowest BCUT2D eigenvalue weighted by Gasteiger charge is -2.26. The number of carbonyl (C=O) groups excluding carboxylic acids is 2. The van der Waals surface area contributed by atoms with Gasteiger partial charge in [-0.1, -0.05) is 23.7 Å². The van der Waals surface area contributed by atoms with Crippen molar-refractivity contribution >= 4 is 34.7 Å². The van der Waals surface area contributed by atoms with Crippen LogP contribution in [0.1, 0.15) is 29.7 Å². The Labute approximate surface area is 225 Å². The van der Waals surface area contributed by atoms with E-state index in [0.717, 1.165) is 5.56 Å². The second-order valence-electron chi connectivity index (χ2n) is 8.54. The van der Waals surface area contributed by atoms with E-state index in [1.165, 1.54) is 26.2 Å². The van der Waals surface area contributed by atoms with Gasteiger partial charge in [-0.05, 0) is 61.4 Å². The van der Waals surface area contributed by atoms with Crippen molar-refractivity contribution in [2.45, 2.75) is 19.9 Å². The number of aliphatic hydroxyl groups excluding tert-OH is 1. The zero-order chi connectivity index (χ0) is 27.6. The number of aliphatic hydroxyl groups is 1. The molecule has 0 bridgehead atoms. The van der Waals surface area contributed by atoms with E-state index in [0.29, 0.717) is 35.1 Å². The lowest BCUT2D eigenvalue weighted by molar-refractivity contribution is -0.132. The molecule has 3 aromatic rings. The molecule has 0 saturated carbocycles. The summed E-state index contributed by atoms with van der Waals surface area (Å²) in [6.07, 6.45) is 0. The molecule has 1 unspecified atom stereocenters. The average molecular weight is 538 g/mol. The molecule has 3 aromatic carbocycles. The summed E-state index contributed by atoms with van der Waals surface area (Å²) in [5, 5.41) is 11.9. The average Bonchev–Trinajstić information content (AvgIpc) is 3.18. The molecule has 0 radical (unpaired) electrons. The van der Waals surface area contributed by atoms with Gasteiger partial charge in [-0.15, -0.1) is 0 Å². The Morgan fingerprint density at radius 1 is 0.974 bits per heavy atom. The Morgan fingerprint density at radius 2 is 1.74 bits per heavy atom. The van der Waals surface area contributed by atoms with Crippen LogP contribution in [0, 0.1) is 6.92 Å². The maximum absolute atomic E-state index is 13.6. The zero-order valence-electron chi connectivity index (χ0n) is 21.7. The maximum atomic E-state index is 13.6. The minimum absolute atomic E-state index is 0.120. The van der Waals surface area contributed by atoms with E-state index in [1.54, 1.807) is 61.5 Å². The van der Waals surface area contributed by atoms with Crippen molar-refractivity contribution in [3.8, 4) is 23.0 Å². The quantitative estimate of drug-likeness (QED) is 0.224. The zero-order valence-corrected chi connectivity index (χ0v) is 22.5. The second-order valence-corrected chi connectivity index (χ2v) is 8.95. The van der Waals surface area contributed by atoms with Crippen LogP contribution in [0.15, 0.2) is 60.2 Å². The van der Waals surface area contributed by atoms with Crippen LogP contribution in [-0.2, 0) is 9.59 Å². The number of carbonyl (C=O) groups is 2. The minimum Gasteiger partial charge on any atom is -0.507 e. The van der Waals surface area contributed by atoms with E-state index in [1.807, 2.05) is 6.92 Å². The number of ketones is 1. The van der Waals surface area contributed by atoms with Gasteiger partial charge in [-0.25, -0.2) is 0 Å². The van der Waals surface area contributed by atoms with Gasteiger partial charge in [0.25, 0.3) is 11.7 Å². The third-order valence-corrected chi connectivity index (χ3v) is 6.51. The molecule has 1 heterocycles. The number of nitrogens with zero attached hydrogens (tertiary/aromatic N) is 1. The van der Waals surface area contributed by atoms with Crippen molar-refractivity contribution in [3.63, 3.8) is 0 Å². The highest BCUT2D eigenvalue weighted by Gasteiger charge is 2.47. The van der Waals surface area contributed by atoms with Gasteiger partial charge < -0.3 is 24.1 Å². The molecule has 1 aliphatic rings. The molecule has 38 heavy (non-hydrogen) atoms. The normalized spacial score (nSPS) is 16.5. The molecule has 0 aliphatic carbocycles. The highest BCUT2D eigenvalue weighted by Crippen LogP contribution is 2.46. The van der Waals surface area contributed by atoms with Gasteiger partial charge in [0.15, 0.2) is 11.5 Å². The van der Waals surface area contributed by atoms with E-state index in [2.05, 4.69) is 0 Å². The van der Waals surface area contributed by atoms with E-state index >= 15 is 0 Å². The first-order valence-electron chi connectivity index (χ1n) is 11.9. The number of rotatable bonds is 8. The van der Waals surface area contributed by atoms with Crippen LogP contribution in [0.2, 0.25) is 5.02 Å². The first-order valence-corrected chi connectivity index (χ1v) is 12.2. The summed E-state index contributed by atoms with van der Waals surface area (Å²) in [5.41, 5.74) is 1.75. The second kappa shape index (κ2) is 11.1. The van der Waals surface area contributed by atoms with Gasteiger partial charge >= 0.3 is 0 Å². The van der Waals surface area contributed by atoms with Crippen LogP contribution in [0.25, 0.3) is 5.76 Å². The molecule has 1 fully saturated rings. The first kappa shape index (κ1) is 26.9. The molecular formula is C29H28ClNO7. The lowest BCUT2D eigenvalue weighted by Crippen LogP contribution is -2.29. The van der Waals surface area contributed by atoms with E-state index in [4.69, 9.17) is 30.5 Å². The monoisotopic (exact) mass is 537 g/mol. The number of hydrogen-bond donors (Lipinski definition) is 1. The highest BCUT2D eigenvalue weighted by molar-refractivity contribution is 6.51. The number of ether oxygens (including phenoxy) is 4. The third-order valence-electron chi connectivity index (χ3n) is 6.23. The fourth-order valence-electron chi connectivity index (χ4n) is 4.56. The molecular weight excluding hydrogens is 510 g/mol. The van der Waals surface area contributed by atoms with Gasteiger partial charge in [0, 0.05) is 11.8 Å². The molecule has 8 nitrogen and oxygen atoms in total. The standard InChI is InChI=1S/C29H28ClNO7/c1-6-38-23-14-17(10-11-22(23)36-4)25-24(26(32)20-12-16(2)13-21(30)28(20)37-5)27(33)29(34)31(25)18-8-7-9-19(15-18)35-3/h7-15,25,32H,6H2,1-5H3/b26-24+. The summed E-state index contributed by atoms with van der Waals surface area (Å²) in [5.74, 6) is -0.470. The predicted molar refractivity (Wildman–Crippen MR) is 145 cm³/mol. The van der Waals surface area contributed by atoms with Crippen LogP contribution in [0.4, 0.5) is 5.69 Å². The fraction of sp³-hybridized carbons (Fsp3) is 0.241. The van der Waals surface area contributed by atoms with Crippen LogP contribution in [0.3, 0.4) is 0 Å². The Balaban J connectivity index is 2.03. The van der Waals surface area contributed by atoms with Crippen molar-refractivity contribution in [2.75, 3.05) is 32.8 Å². The Kier molecular flexibility index (Phi) is 7.83. The summed E-state index contributed by atoms with van der Waals surface area (Å²) < 4.78 is 22.0. The number of hydrogen-bond acceptors (Lipinski definition) is 7. The number of benzene rings is 3. The molecule has 1 saturated heterocycles. The molecule has 4 rings (SSSR count). The largest absolute Gasteiger partial charge is 0.507 e. The molecule has 198 valence electrons. The summed E-state index contributed by atoms with van der Waals surface area (Å²) in [7, 11) is 4.45. The Bertz CT molecular complexity index is 1430. The van der Waals surface area contributed by atoms with Crippen molar-refractivity contribution in [1.29, 1.82) is 0 Å². The fourth-order valence-corrected chi connectivity index (χ4v) is 4.91. The third kappa shape index (κ3) is 4.75. The molecule has 9 heteroatoms. The number of amides is 1. The van der Waals surface area contributed by atoms with E-state index in [9.17, 15) is 14.7 Å². The lowest BCUT2D eigenvalue weighted by atomic mass is 9.94. The number of methoxy groups -OCH3 is 3. The number of aryl methyl sites for hydroxylation is 1. The predicted octanol–water partition coefficient (Wildman–Crippen LogP) is 5.70. The van der Waals surface area contributed by atoms with Crippen molar-refractivity contribution in [1.82, 2.24) is 0 Å². The molecule has 1 N–H and O–H groups in total. The maximum Gasteiger partial charge on any atom is 0.300 e. The number of Topliss-reactive ketones (excluding diaryl/α,β-unsaturated/α-hetero) is 1. The van der Waals surface area contributed by atoms with Crippen molar-refractivity contribution in [2.24, 2.45) is 0 Å². The Morgan fingerprint density at radius 3 is 2.39 bits per heavy atom. The van der Waals surface area contributed by atoms with Gasteiger partial charge in [-0.2, -0.15) is 0 Å². The summed E-state index contributed by atoms with van der Waals surface area (Å²) in [4.78, 5) is 28.4. The SMILES string of the molecule is CCOc1cc(C2/C(=C(\O)c3cc(C)cc(Cl)c3OC)C(=O)C(=O)N2c2cccc(OC)c2)ccc1OC. The Hall–Kier alpha value is -4.17. The van der Waals surface area contributed by atoms with Crippen LogP contribution in [0.5, 0.6) is 23.0 Å². The summed E-state index contributed by atoms with van der Waals surface area (Å²) in [6, 6.07) is 14.2. The topological polar surface area (TPSA) is 94.5 Å². The van der Waals surface area contributed by atoms with Crippen LogP contribution >= 0.6 is 11.6 Å². The number of halogens is 1. The van der Waals surface area contributed by atoms with Gasteiger partial charge in [0.2, 0.25) is 0 Å². The van der Waals surface area contributed by atoms with Crippen molar-refractivity contribution in [3.05, 3.63) is 81.9 Å². The molecule has 1 aliphatic heterocycles.